The topological polar surface area (TPSA) is 41.6 Å². The van der Waals surface area contributed by atoms with Crippen LogP contribution in [0.5, 0.6) is 0 Å². The van der Waals surface area contributed by atoms with Crippen molar-refractivity contribution in [3.05, 3.63) is 0 Å². The summed E-state index contributed by atoms with van der Waals surface area (Å²) in [6, 6.07) is -0.115. The first kappa shape index (κ1) is 8.97. The molecule has 0 spiro atoms. The third-order valence-corrected chi connectivity index (χ3v) is 2.95. The molecule has 2 fully saturated rings. The average Bonchev–Trinajstić information content (AvgIpc) is 2.45. The van der Waals surface area contributed by atoms with Crippen molar-refractivity contribution < 1.29 is 9.53 Å². The lowest BCUT2D eigenvalue weighted by molar-refractivity contribution is -0.143. The molecule has 0 aromatic rings. The van der Waals surface area contributed by atoms with E-state index < -0.39 is 0 Å². The molecule has 4 nitrogen and oxygen atoms in total. The van der Waals surface area contributed by atoms with Crippen molar-refractivity contribution in [3.63, 3.8) is 0 Å². The van der Waals surface area contributed by atoms with Gasteiger partial charge < -0.3 is 15.0 Å². The predicted octanol–water partition coefficient (Wildman–Crippen LogP) is -0.547. The molecule has 2 bridgehead atoms. The van der Waals surface area contributed by atoms with Gasteiger partial charge in [-0.25, -0.2) is 0 Å². The lowest BCUT2D eigenvalue weighted by Crippen LogP contribution is -2.45. The van der Waals surface area contributed by atoms with Crippen LogP contribution in [0.1, 0.15) is 6.42 Å². The van der Waals surface area contributed by atoms with Crippen LogP contribution in [0.2, 0.25) is 0 Å². The molecule has 4 heteroatoms. The van der Waals surface area contributed by atoms with E-state index in [0.717, 1.165) is 32.1 Å². The van der Waals surface area contributed by atoms with E-state index in [4.69, 9.17) is 4.74 Å². The molecule has 3 unspecified atom stereocenters. The molecule has 0 saturated carbocycles. The van der Waals surface area contributed by atoms with Crippen LogP contribution in [-0.4, -0.2) is 50.2 Å². The highest BCUT2D eigenvalue weighted by molar-refractivity contribution is 5.76. The standard InChI is InChI=1S/C9H16N2O2/c1-13-9(12)8-6-11-3-2-7(5-11)4-10-8/h7-8,10H,2-6H2,1H3. The molecule has 2 saturated heterocycles. The van der Waals surface area contributed by atoms with Crippen LogP contribution in [0.3, 0.4) is 0 Å². The largest absolute Gasteiger partial charge is 0.468 e. The summed E-state index contributed by atoms with van der Waals surface area (Å²) in [6.07, 6.45) is 1.26. The summed E-state index contributed by atoms with van der Waals surface area (Å²) in [5.41, 5.74) is 0. The minimum atomic E-state index is -0.132. The second-order valence-corrected chi connectivity index (χ2v) is 3.90. The zero-order valence-electron chi connectivity index (χ0n) is 7.95. The van der Waals surface area contributed by atoms with Crippen LogP contribution >= 0.6 is 0 Å². The zero-order chi connectivity index (χ0) is 9.26. The molecule has 13 heavy (non-hydrogen) atoms. The average molecular weight is 184 g/mol. The van der Waals surface area contributed by atoms with Gasteiger partial charge in [0, 0.05) is 19.6 Å². The Labute approximate surface area is 78.2 Å². The Morgan fingerprint density at radius 2 is 2.38 bits per heavy atom. The first-order chi connectivity index (χ1) is 6.29. The summed E-state index contributed by atoms with van der Waals surface area (Å²) < 4.78 is 4.72. The number of hydrogen-bond donors (Lipinski definition) is 1. The van der Waals surface area contributed by atoms with E-state index in [1.54, 1.807) is 0 Å². The number of hydrogen-bond acceptors (Lipinski definition) is 4. The van der Waals surface area contributed by atoms with Crippen molar-refractivity contribution in [2.45, 2.75) is 12.5 Å². The lowest BCUT2D eigenvalue weighted by atomic mass is 10.1. The van der Waals surface area contributed by atoms with Crippen LogP contribution in [0.4, 0.5) is 0 Å². The van der Waals surface area contributed by atoms with Crippen molar-refractivity contribution in [2.75, 3.05) is 33.3 Å². The second-order valence-electron chi connectivity index (χ2n) is 3.90. The van der Waals surface area contributed by atoms with Crippen LogP contribution in [0.25, 0.3) is 0 Å². The third-order valence-electron chi connectivity index (χ3n) is 2.95. The van der Waals surface area contributed by atoms with Gasteiger partial charge in [-0.2, -0.15) is 0 Å². The maximum atomic E-state index is 11.3. The molecular weight excluding hydrogens is 168 g/mol. The predicted molar refractivity (Wildman–Crippen MR) is 48.4 cm³/mol. The fourth-order valence-corrected chi connectivity index (χ4v) is 2.18. The molecule has 0 amide bonds. The van der Waals surface area contributed by atoms with Crippen LogP contribution < -0.4 is 5.32 Å². The van der Waals surface area contributed by atoms with Crippen LogP contribution in [0, 0.1) is 5.92 Å². The van der Waals surface area contributed by atoms with Gasteiger partial charge >= 0.3 is 5.97 Å². The molecule has 2 heterocycles. The van der Waals surface area contributed by atoms with E-state index in [1.807, 2.05) is 0 Å². The van der Waals surface area contributed by atoms with Gasteiger partial charge in [-0.05, 0) is 18.9 Å². The normalized spacial score (nSPS) is 38.4. The maximum absolute atomic E-state index is 11.3. The summed E-state index contributed by atoms with van der Waals surface area (Å²) in [4.78, 5) is 13.6. The minimum absolute atomic E-state index is 0.115. The van der Waals surface area contributed by atoms with E-state index in [9.17, 15) is 4.79 Å². The minimum Gasteiger partial charge on any atom is -0.468 e. The molecule has 0 aromatic carbocycles. The van der Waals surface area contributed by atoms with Gasteiger partial charge in [-0.1, -0.05) is 0 Å². The van der Waals surface area contributed by atoms with Crippen molar-refractivity contribution >= 4 is 5.97 Å². The summed E-state index contributed by atoms with van der Waals surface area (Å²) in [5.74, 6) is 0.599. The molecular formula is C9H16N2O2. The second kappa shape index (κ2) is 3.64. The molecule has 74 valence electrons. The number of nitrogens with zero attached hydrogens (tertiary/aromatic N) is 1. The van der Waals surface area contributed by atoms with Gasteiger partial charge in [0.1, 0.15) is 6.04 Å². The zero-order valence-corrected chi connectivity index (χ0v) is 7.95. The van der Waals surface area contributed by atoms with E-state index >= 15 is 0 Å². The number of fused-ring (bicyclic) bond motifs is 2. The van der Waals surface area contributed by atoms with Gasteiger partial charge in [-0.15, -0.1) is 0 Å². The van der Waals surface area contributed by atoms with E-state index in [2.05, 4.69) is 10.2 Å². The Morgan fingerprint density at radius 3 is 3.15 bits per heavy atom. The fraction of sp³-hybridized carbons (Fsp3) is 0.889. The van der Waals surface area contributed by atoms with E-state index in [-0.39, 0.29) is 12.0 Å². The molecule has 2 aliphatic rings. The molecule has 2 aliphatic heterocycles. The summed E-state index contributed by atoms with van der Waals surface area (Å²) in [7, 11) is 1.45. The highest BCUT2D eigenvalue weighted by Crippen LogP contribution is 2.18. The number of rotatable bonds is 1. The molecule has 2 rings (SSSR count). The SMILES string of the molecule is COC(=O)C1CN2CCC(CN1)C2. The number of carbonyl (C=O) groups is 1. The smallest absolute Gasteiger partial charge is 0.324 e. The van der Waals surface area contributed by atoms with Crippen LogP contribution in [0.15, 0.2) is 0 Å². The Hall–Kier alpha value is -0.610. The Balaban J connectivity index is 1.97. The number of methoxy groups -OCH3 is 1. The maximum Gasteiger partial charge on any atom is 0.324 e. The Bertz CT molecular complexity index is 208. The molecule has 0 radical (unpaired) electrons. The third kappa shape index (κ3) is 1.84. The lowest BCUT2D eigenvalue weighted by Gasteiger charge is -2.20. The monoisotopic (exact) mass is 184 g/mol. The molecule has 3 atom stereocenters. The Morgan fingerprint density at radius 1 is 1.54 bits per heavy atom. The van der Waals surface area contributed by atoms with E-state index in [0.29, 0.717) is 0 Å². The summed E-state index contributed by atoms with van der Waals surface area (Å²) >= 11 is 0. The summed E-state index contributed by atoms with van der Waals surface area (Å²) in [5, 5.41) is 3.25. The summed E-state index contributed by atoms with van der Waals surface area (Å²) in [6.45, 7) is 4.04. The first-order valence-corrected chi connectivity index (χ1v) is 4.83. The van der Waals surface area contributed by atoms with Crippen molar-refractivity contribution in [3.8, 4) is 0 Å². The van der Waals surface area contributed by atoms with E-state index in [1.165, 1.54) is 13.5 Å². The van der Waals surface area contributed by atoms with Gasteiger partial charge in [0.25, 0.3) is 0 Å². The first-order valence-electron chi connectivity index (χ1n) is 4.83. The highest BCUT2D eigenvalue weighted by atomic mass is 16.5. The molecule has 0 aliphatic carbocycles. The number of nitrogens with one attached hydrogen (secondary N) is 1. The number of esters is 1. The van der Waals surface area contributed by atoms with Crippen molar-refractivity contribution in [1.29, 1.82) is 0 Å². The number of carbonyl (C=O) groups excluding carboxylic acids is 1. The van der Waals surface area contributed by atoms with Gasteiger partial charge in [0.15, 0.2) is 0 Å². The fourth-order valence-electron chi connectivity index (χ4n) is 2.18. The molecule has 1 N–H and O–H groups in total. The van der Waals surface area contributed by atoms with Crippen LogP contribution in [-0.2, 0) is 9.53 Å². The van der Waals surface area contributed by atoms with Crippen molar-refractivity contribution in [2.24, 2.45) is 5.92 Å². The van der Waals surface area contributed by atoms with Crippen molar-refractivity contribution in [1.82, 2.24) is 10.2 Å². The molecule has 0 aromatic heterocycles. The number of ether oxygens (including phenoxy) is 1. The Kier molecular flexibility index (Phi) is 2.51. The van der Waals surface area contributed by atoms with Gasteiger partial charge in [-0.3, -0.25) is 4.79 Å². The quantitative estimate of drug-likeness (QED) is 0.555. The highest BCUT2D eigenvalue weighted by Gasteiger charge is 2.32. The van der Waals surface area contributed by atoms with Gasteiger partial charge in [0.2, 0.25) is 0 Å². The van der Waals surface area contributed by atoms with Gasteiger partial charge in [0.05, 0.1) is 7.11 Å².